The zero-order valence-corrected chi connectivity index (χ0v) is 12.1. The summed E-state index contributed by atoms with van der Waals surface area (Å²) in [6.07, 6.45) is 0. The molecular formula is C13H13N5OS. The normalized spacial score (nSPS) is 10.7. The van der Waals surface area contributed by atoms with Crippen LogP contribution in [0.4, 0.5) is 16.4 Å². The molecule has 1 N–H and O–H groups in total. The first kappa shape index (κ1) is 14.0. The summed E-state index contributed by atoms with van der Waals surface area (Å²) in [5.41, 5.74) is 2.28. The lowest BCUT2D eigenvalue weighted by Crippen LogP contribution is -2.07. The van der Waals surface area contributed by atoms with Crippen molar-refractivity contribution in [1.29, 1.82) is 5.26 Å². The van der Waals surface area contributed by atoms with Gasteiger partial charge in [-0.15, -0.1) is 10.2 Å². The van der Waals surface area contributed by atoms with Crippen LogP contribution in [0.5, 0.6) is 5.75 Å². The number of hydrogen-bond acceptors (Lipinski definition) is 7. The molecule has 0 saturated heterocycles. The van der Waals surface area contributed by atoms with E-state index in [1.54, 1.807) is 19.1 Å². The number of benzene rings is 1. The van der Waals surface area contributed by atoms with Gasteiger partial charge < -0.3 is 10.0 Å². The summed E-state index contributed by atoms with van der Waals surface area (Å²) < 4.78 is 4.06. The molecule has 0 aliphatic rings. The molecule has 6 nitrogen and oxygen atoms in total. The molecule has 7 heteroatoms. The molecule has 0 atom stereocenters. The van der Waals surface area contributed by atoms with Gasteiger partial charge in [-0.05, 0) is 30.6 Å². The summed E-state index contributed by atoms with van der Waals surface area (Å²) in [6.45, 7) is 1.75. The molecule has 0 fully saturated rings. The number of anilines is 1. The maximum atomic E-state index is 9.89. The number of phenolic OH excluding ortho intramolecular Hbond substituents is 1. The largest absolute Gasteiger partial charge is 0.506 e. The van der Waals surface area contributed by atoms with Crippen molar-refractivity contribution in [3.05, 3.63) is 29.5 Å². The third-order valence-electron chi connectivity index (χ3n) is 2.68. The SMILES string of the molecule is Cc1nsc(N=Nc2ccc(N(C)C)cc2O)c1C#N. The first-order chi connectivity index (χ1) is 9.52. The first-order valence-corrected chi connectivity index (χ1v) is 6.58. The van der Waals surface area contributed by atoms with Crippen LogP contribution in [0.3, 0.4) is 0 Å². The highest BCUT2D eigenvalue weighted by Gasteiger charge is 2.10. The Morgan fingerprint density at radius 2 is 2.10 bits per heavy atom. The molecule has 2 aromatic rings. The Balaban J connectivity index is 2.30. The predicted molar refractivity (Wildman–Crippen MR) is 78.2 cm³/mol. The van der Waals surface area contributed by atoms with Gasteiger partial charge in [0.15, 0.2) is 5.00 Å². The molecule has 2 rings (SSSR count). The standard InChI is InChI=1S/C13H13N5OS/c1-8-10(7-14)13(20-17-8)16-15-11-5-4-9(18(2)3)6-12(11)19/h4-6,19H,1-3H3. The van der Waals surface area contributed by atoms with Crippen LogP contribution in [0.2, 0.25) is 0 Å². The minimum absolute atomic E-state index is 0.0414. The van der Waals surface area contributed by atoms with Crippen LogP contribution < -0.4 is 4.90 Å². The average Bonchev–Trinajstić information content (AvgIpc) is 2.77. The number of phenols is 1. The third-order valence-corrected chi connectivity index (χ3v) is 3.50. The molecule has 1 aromatic heterocycles. The molecule has 0 aliphatic carbocycles. The topological polar surface area (TPSA) is 84.9 Å². The van der Waals surface area contributed by atoms with Crippen LogP contribution in [-0.2, 0) is 0 Å². The zero-order chi connectivity index (χ0) is 14.7. The van der Waals surface area contributed by atoms with Crippen molar-refractivity contribution in [2.45, 2.75) is 6.92 Å². The van der Waals surface area contributed by atoms with Crippen molar-refractivity contribution < 1.29 is 5.11 Å². The molecule has 0 unspecified atom stereocenters. The van der Waals surface area contributed by atoms with Crippen LogP contribution in [0.25, 0.3) is 0 Å². The second-order valence-electron chi connectivity index (χ2n) is 4.33. The highest BCUT2D eigenvalue weighted by atomic mass is 32.1. The lowest BCUT2D eigenvalue weighted by Gasteiger charge is -2.12. The average molecular weight is 287 g/mol. The fourth-order valence-corrected chi connectivity index (χ4v) is 2.21. The van der Waals surface area contributed by atoms with Crippen LogP contribution in [0.1, 0.15) is 11.3 Å². The van der Waals surface area contributed by atoms with E-state index in [-0.39, 0.29) is 5.75 Å². The van der Waals surface area contributed by atoms with E-state index in [2.05, 4.69) is 14.6 Å². The third kappa shape index (κ3) is 2.75. The van der Waals surface area contributed by atoms with Gasteiger partial charge in [0.2, 0.25) is 0 Å². The smallest absolute Gasteiger partial charge is 0.176 e. The molecule has 1 heterocycles. The van der Waals surface area contributed by atoms with E-state index in [1.165, 1.54) is 0 Å². The van der Waals surface area contributed by atoms with Gasteiger partial charge in [0.1, 0.15) is 23.1 Å². The molecule has 0 amide bonds. The Labute approximate surface area is 120 Å². The van der Waals surface area contributed by atoms with E-state index in [0.717, 1.165) is 17.2 Å². The molecule has 1 aromatic carbocycles. The van der Waals surface area contributed by atoms with E-state index in [1.807, 2.05) is 31.1 Å². The Bertz CT molecular complexity index is 699. The molecule has 0 spiro atoms. The molecule has 0 saturated carbocycles. The van der Waals surface area contributed by atoms with Crippen molar-refractivity contribution in [2.24, 2.45) is 10.2 Å². The van der Waals surface area contributed by atoms with Crippen molar-refractivity contribution in [1.82, 2.24) is 4.37 Å². The summed E-state index contributed by atoms with van der Waals surface area (Å²) in [5.74, 6) is 0.0414. The van der Waals surface area contributed by atoms with Crippen LogP contribution in [0, 0.1) is 18.3 Å². The van der Waals surface area contributed by atoms with E-state index in [0.29, 0.717) is 21.9 Å². The summed E-state index contributed by atoms with van der Waals surface area (Å²) in [6, 6.07) is 7.16. The molecule has 0 aliphatic heterocycles. The Kier molecular flexibility index (Phi) is 3.96. The van der Waals surface area contributed by atoms with Gasteiger partial charge in [-0.25, -0.2) is 0 Å². The number of rotatable bonds is 3. The van der Waals surface area contributed by atoms with Gasteiger partial charge in [0.05, 0.1) is 5.69 Å². The summed E-state index contributed by atoms with van der Waals surface area (Å²) in [5, 5.41) is 27.3. The molecule has 0 radical (unpaired) electrons. The van der Waals surface area contributed by atoms with Gasteiger partial charge >= 0.3 is 0 Å². The fourth-order valence-electron chi connectivity index (χ4n) is 1.53. The minimum Gasteiger partial charge on any atom is -0.506 e. The second-order valence-corrected chi connectivity index (χ2v) is 5.08. The monoisotopic (exact) mass is 287 g/mol. The van der Waals surface area contributed by atoms with E-state index >= 15 is 0 Å². The van der Waals surface area contributed by atoms with Crippen LogP contribution in [0.15, 0.2) is 28.4 Å². The Morgan fingerprint density at radius 3 is 2.70 bits per heavy atom. The summed E-state index contributed by atoms with van der Waals surface area (Å²) in [4.78, 5) is 1.88. The molecule has 102 valence electrons. The van der Waals surface area contributed by atoms with Gasteiger partial charge in [0, 0.05) is 25.8 Å². The van der Waals surface area contributed by atoms with Crippen LogP contribution >= 0.6 is 11.5 Å². The predicted octanol–water partition coefficient (Wildman–Crippen LogP) is 3.51. The lowest BCUT2D eigenvalue weighted by atomic mass is 10.2. The van der Waals surface area contributed by atoms with Crippen molar-refractivity contribution in [2.75, 3.05) is 19.0 Å². The number of nitrogens with zero attached hydrogens (tertiary/aromatic N) is 5. The number of azo groups is 1. The van der Waals surface area contributed by atoms with E-state index in [9.17, 15) is 5.11 Å². The van der Waals surface area contributed by atoms with Gasteiger partial charge in [-0.2, -0.15) is 9.64 Å². The minimum atomic E-state index is 0.0414. The van der Waals surface area contributed by atoms with E-state index < -0.39 is 0 Å². The molecule has 0 bridgehead atoms. The van der Waals surface area contributed by atoms with Crippen LogP contribution in [-0.4, -0.2) is 23.6 Å². The lowest BCUT2D eigenvalue weighted by molar-refractivity contribution is 0.476. The fraction of sp³-hybridized carbons (Fsp3) is 0.231. The van der Waals surface area contributed by atoms with Crippen molar-refractivity contribution in [3.8, 4) is 11.8 Å². The second kappa shape index (κ2) is 5.67. The van der Waals surface area contributed by atoms with Gasteiger partial charge in [-0.1, -0.05) is 0 Å². The molecule has 20 heavy (non-hydrogen) atoms. The Morgan fingerprint density at radius 1 is 1.35 bits per heavy atom. The van der Waals surface area contributed by atoms with Crippen molar-refractivity contribution in [3.63, 3.8) is 0 Å². The van der Waals surface area contributed by atoms with E-state index in [4.69, 9.17) is 5.26 Å². The maximum absolute atomic E-state index is 9.89. The maximum Gasteiger partial charge on any atom is 0.176 e. The van der Waals surface area contributed by atoms with Crippen molar-refractivity contribution >= 4 is 27.9 Å². The first-order valence-electron chi connectivity index (χ1n) is 5.81. The zero-order valence-electron chi connectivity index (χ0n) is 11.3. The van der Waals surface area contributed by atoms with Gasteiger partial charge in [-0.3, -0.25) is 0 Å². The highest BCUT2D eigenvalue weighted by Crippen LogP contribution is 2.33. The number of nitriles is 1. The number of aromatic hydroxyl groups is 1. The van der Waals surface area contributed by atoms with Gasteiger partial charge in [0.25, 0.3) is 0 Å². The number of hydrogen-bond donors (Lipinski definition) is 1. The Hall–Kier alpha value is -2.46. The molecular weight excluding hydrogens is 274 g/mol. The quantitative estimate of drug-likeness (QED) is 0.875. The number of aryl methyl sites for hydroxylation is 1. The summed E-state index contributed by atoms with van der Waals surface area (Å²) >= 11 is 1.11. The highest BCUT2D eigenvalue weighted by molar-refractivity contribution is 7.10. The summed E-state index contributed by atoms with van der Waals surface area (Å²) in [7, 11) is 3.77. The number of aromatic nitrogens is 1.